The van der Waals surface area contributed by atoms with Crippen LogP contribution in [0.5, 0.6) is 0 Å². The molecule has 0 saturated carbocycles. The summed E-state index contributed by atoms with van der Waals surface area (Å²) in [5.74, 6) is 0.00771. The van der Waals surface area contributed by atoms with Crippen LogP contribution in [0.15, 0.2) is 47.3 Å². The number of hydrogen-bond acceptors (Lipinski definition) is 4. The van der Waals surface area contributed by atoms with Crippen molar-refractivity contribution >= 4 is 22.6 Å². The molecule has 2 aromatic heterocycles. The highest BCUT2D eigenvalue weighted by molar-refractivity contribution is 6.05. The number of carbonyl (C=O) groups excluding carboxylic acids is 1. The highest BCUT2D eigenvalue weighted by Gasteiger charge is 2.19. The maximum Gasteiger partial charge on any atom is 0.258 e. The molecule has 26 heavy (non-hydrogen) atoms. The van der Waals surface area contributed by atoms with E-state index in [1.165, 1.54) is 6.07 Å². The highest BCUT2D eigenvalue weighted by atomic mass is 16.2. The number of nitrogens with one attached hydrogen (secondary N) is 1. The SMILES string of the molecule is N#Cc1cc(NC(=O)c2ccc(=O)n3c2CCCC3)nc2ccccc12. The van der Waals surface area contributed by atoms with Crippen LogP contribution in [0.25, 0.3) is 10.9 Å². The van der Waals surface area contributed by atoms with E-state index < -0.39 is 0 Å². The minimum Gasteiger partial charge on any atom is -0.312 e. The molecule has 6 nitrogen and oxygen atoms in total. The predicted octanol–water partition coefficient (Wildman–Crippen LogP) is 2.86. The van der Waals surface area contributed by atoms with Gasteiger partial charge in [-0.05, 0) is 37.5 Å². The van der Waals surface area contributed by atoms with Crippen molar-refractivity contribution in [2.24, 2.45) is 0 Å². The number of hydrogen-bond donors (Lipinski definition) is 1. The van der Waals surface area contributed by atoms with E-state index in [0.717, 1.165) is 23.9 Å². The summed E-state index contributed by atoms with van der Waals surface area (Å²) in [6.45, 7) is 0.641. The van der Waals surface area contributed by atoms with Crippen molar-refractivity contribution in [1.82, 2.24) is 9.55 Å². The Morgan fingerprint density at radius 2 is 2.04 bits per heavy atom. The van der Waals surface area contributed by atoms with E-state index in [4.69, 9.17) is 0 Å². The molecule has 0 fully saturated rings. The second kappa shape index (κ2) is 6.45. The maximum absolute atomic E-state index is 12.8. The van der Waals surface area contributed by atoms with Gasteiger partial charge in [0.25, 0.3) is 11.5 Å². The molecule has 3 aromatic rings. The van der Waals surface area contributed by atoms with Gasteiger partial charge in [0.05, 0.1) is 22.7 Å². The molecule has 128 valence electrons. The molecule has 3 heterocycles. The predicted molar refractivity (Wildman–Crippen MR) is 98.1 cm³/mol. The van der Waals surface area contributed by atoms with Gasteiger partial charge in [-0.3, -0.25) is 9.59 Å². The van der Waals surface area contributed by atoms with Gasteiger partial charge in [-0.1, -0.05) is 18.2 Å². The first-order valence-electron chi connectivity index (χ1n) is 8.51. The smallest absolute Gasteiger partial charge is 0.258 e. The number of amides is 1. The summed E-state index contributed by atoms with van der Waals surface area (Å²) >= 11 is 0. The maximum atomic E-state index is 12.8. The van der Waals surface area contributed by atoms with Crippen LogP contribution >= 0.6 is 0 Å². The zero-order valence-corrected chi connectivity index (χ0v) is 14.0. The van der Waals surface area contributed by atoms with E-state index in [1.807, 2.05) is 18.2 Å². The molecule has 0 unspecified atom stereocenters. The monoisotopic (exact) mass is 344 g/mol. The van der Waals surface area contributed by atoms with Crippen molar-refractivity contribution in [3.8, 4) is 6.07 Å². The number of para-hydroxylation sites is 1. The van der Waals surface area contributed by atoms with E-state index >= 15 is 0 Å². The molecule has 4 rings (SSSR count). The van der Waals surface area contributed by atoms with Crippen LogP contribution < -0.4 is 10.9 Å². The van der Waals surface area contributed by atoms with E-state index in [2.05, 4.69) is 16.4 Å². The van der Waals surface area contributed by atoms with Gasteiger partial charge in [-0.15, -0.1) is 0 Å². The molecular weight excluding hydrogens is 328 g/mol. The molecule has 0 saturated heterocycles. The number of nitriles is 1. The van der Waals surface area contributed by atoms with Gasteiger partial charge in [-0.2, -0.15) is 5.26 Å². The van der Waals surface area contributed by atoms with Gasteiger partial charge in [0.2, 0.25) is 0 Å². The number of aromatic nitrogens is 2. The number of pyridine rings is 2. The Morgan fingerprint density at radius 1 is 1.19 bits per heavy atom. The first-order chi connectivity index (χ1) is 12.7. The number of nitrogens with zero attached hydrogens (tertiary/aromatic N) is 3. The molecule has 0 bridgehead atoms. The van der Waals surface area contributed by atoms with Crippen molar-refractivity contribution < 1.29 is 4.79 Å². The lowest BCUT2D eigenvalue weighted by Gasteiger charge is -2.20. The van der Waals surface area contributed by atoms with E-state index in [-0.39, 0.29) is 11.5 Å². The van der Waals surface area contributed by atoms with Crippen molar-refractivity contribution in [3.05, 3.63) is 69.6 Å². The van der Waals surface area contributed by atoms with Crippen molar-refractivity contribution in [2.45, 2.75) is 25.8 Å². The first-order valence-corrected chi connectivity index (χ1v) is 8.51. The number of benzene rings is 1. The van der Waals surface area contributed by atoms with E-state index in [0.29, 0.717) is 35.4 Å². The number of rotatable bonds is 2. The molecule has 1 aliphatic rings. The second-order valence-corrected chi connectivity index (χ2v) is 6.28. The van der Waals surface area contributed by atoms with Crippen molar-refractivity contribution in [2.75, 3.05) is 5.32 Å². The second-order valence-electron chi connectivity index (χ2n) is 6.28. The minimum absolute atomic E-state index is 0.0770. The fraction of sp³-hybridized carbons (Fsp3) is 0.200. The molecule has 0 radical (unpaired) electrons. The van der Waals surface area contributed by atoms with Gasteiger partial charge in [0, 0.05) is 23.7 Å². The summed E-state index contributed by atoms with van der Waals surface area (Å²) in [5, 5.41) is 12.9. The summed E-state index contributed by atoms with van der Waals surface area (Å²) in [6, 6.07) is 14.0. The Bertz CT molecular complexity index is 1120. The molecular formula is C20H16N4O2. The summed E-state index contributed by atoms with van der Waals surface area (Å²) < 4.78 is 1.67. The van der Waals surface area contributed by atoms with Gasteiger partial charge in [0.1, 0.15) is 5.82 Å². The third kappa shape index (κ3) is 2.74. The van der Waals surface area contributed by atoms with Crippen LogP contribution in [0.3, 0.4) is 0 Å². The van der Waals surface area contributed by atoms with Crippen LogP contribution in [0.1, 0.15) is 34.5 Å². The molecule has 0 atom stereocenters. The van der Waals surface area contributed by atoms with Gasteiger partial charge < -0.3 is 9.88 Å². The fourth-order valence-corrected chi connectivity index (χ4v) is 3.42. The third-order valence-corrected chi connectivity index (χ3v) is 4.66. The Kier molecular flexibility index (Phi) is 3.98. The van der Waals surface area contributed by atoms with Crippen LogP contribution in [-0.2, 0) is 13.0 Å². The summed E-state index contributed by atoms with van der Waals surface area (Å²) in [5.41, 5.74) is 2.28. The number of fused-ring (bicyclic) bond motifs is 2. The van der Waals surface area contributed by atoms with Crippen molar-refractivity contribution in [1.29, 1.82) is 5.26 Å². The Morgan fingerprint density at radius 3 is 2.88 bits per heavy atom. The Labute approximate surface area is 149 Å². The van der Waals surface area contributed by atoms with E-state index in [9.17, 15) is 14.9 Å². The zero-order valence-electron chi connectivity index (χ0n) is 14.0. The molecule has 1 aliphatic heterocycles. The lowest BCUT2D eigenvalue weighted by atomic mass is 10.0. The quantitative estimate of drug-likeness (QED) is 0.774. The van der Waals surface area contributed by atoms with Gasteiger partial charge >= 0.3 is 0 Å². The Hall–Kier alpha value is -3.46. The third-order valence-electron chi connectivity index (χ3n) is 4.66. The molecule has 1 N–H and O–H groups in total. The normalized spacial score (nSPS) is 13.0. The highest BCUT2D eigenvalue weighted by Crippen LogP contribution is 2.22. The lowest BCUT2D eigenvalue weighted by Crippen LogP contribution is -2.30. The van der Waals surface area contributed by atoms with Crippen LogP contribution in [0.4, 0.5) is 5.82 Å². The fourth-order valence-electron chi connectivity index (χ4n) is 3.42. The van der Waals surface area contributed by atoms with Crippen LogP contribution in [-0.4, -0.2) is 15.5 Å². The number of carbonyl (C=O) groups is 1. The zero-order chi connectivity index (χ0) is 18.1. The van der Waals surface area contributed by atoms with Gasteiger partial charge in [0.15, 0.2) is 0 Å². The standard InChI is InChI=1S/C20H16N4O2/c21-12-13-11-18(22-16-6-2-1-5-14(13)16)23-20(26)15-8-9-19(25)24-10-4-3-7-17(15)24/h1-2,5-6,8-9,11H,3-4,7,10H2,(H,22,23,26). The summed E-state index contributed by atoms with van der Waals surface area (Å²) in [4.78, 5) is 29.2. The van der Waals surface area contributed by atoms with Crippen molar-refractivity contribution in [3.63, 3.8) is 0 Å². The largest absolute Gasteiger partial charge is 0.312 e. The van der Waals surface area contributed by atoms with Crippen LogP contribution in [0, 0.1) is 11.3 Å². The first kappa shape index (κ1) is 16.0. The number of anilines is 1. The molecule has 0 spiro atoms. The Balaban J connectivity index is 1.73. The molecule has 0 aliphatic carbocycles. The van der Waals surface area contributed by atoms with Crippen LogP contribution in [0.2, 0.25) is 0 Å². The summed E-state index contributed by atoms with van der Waals surface area (Å²) in [6.07, 6.45) is 2.60. The molecule has 1 aromatic carbocycles. The average Bonchev–Trinajstić information content (AvgIpc) is 2.67. The summed E-state index contributed by atoms with van der Waals surface area (Å²) in [7, 11) is 0. The average molecular weight is 344 g/mol. The molecule has 6 heteroatoms. The lowest BCUT2D eigenvalue weighted by molar-refractivity contribution is 0.102. The minimum atomic E-state index is -0.317. The van der Waals surface area contributed by atoms with Gasteiger partial charge in [-0.25, -0.2) is 4.98 Å². The van der Waals surface area contributed by atoms with E-state index in [1.54, 1.807) is 22.8 Å². The molecule has 1 amide bonds. The topological polar surface area (TPSA) is 87.8 Å².